The summed E-state index contributed by atoms with van der Waals surface area (Å²) < 4.78 is 0. The van der Waals surface area contributed by atoms with Gasteiger partial charge in [-0.2, -0.15) is 0 Å². The molecule has 1 nitrogen and oxygen atoms in total. The van der Waals surface area contributed by atoms with Crippen molar-refractivity contribution in [3.8, 4) is 11.3 Å². The first-order valence-corrected chi connectivity index (χ1v) is 6.30. The van der Waals surface area contributed by atoms with Gasteiger partial charge in [-0.05, 0) is 17.5 Å². The molecule has 2 aromatic rings. The molecule has 0 bridgehead atoms. The van der Waals surface area contributed by atoms with Gasteiger partial charge >= 0.3 is 0 Å². The van der Waals surface area contributed by atoms with Crippen LogP contribution in [0.4, 0.5) is 0 Å². The predicted molar refractivity (Wildman–Crippen MR) is 77.4 cm³/mol. The molecule has 0 amide bonds. The summed E-state index contributed by atoms with van der Waals surface area (Å²) in [7, 11) is 0. The van der Waals surface area contributed by atoms with Crippen molar-refractivity contribution in [3.05, 3.63) is 59.6 Å². The number of pyridine rings is 1. The summed E-state index contributed by atoms with van der Waals surface area (Å²) in [6.45, 7) is 0. The van der Waals surface area contributed by atoms with E-state index in [2.05, 4.69) is 35.3 Å². The highest BCUT2D eigenvalue weighted by molar-refractivity contribution is 6.40. The number of para-hydroxylation sites is 1. The Labute approximate surface area is 109 Å². The fraction of sp³-hybridized carbons (Fsp3) is 0. The van der Waals surface area contributed by atoms with Gasteiger partial charge < -0.3 is 4.98 Å². The minimum absolute atomic E-state index is 0.836. The van der Waals surface area contributed by atoms with E-state index in [9.17, 15) is 0 Å². The van der Waals surface area contributed by atoms with Crippen molar-refractivity contribution in [2.45, 2.75) is 0 Å². The summed E-state index contributed by atoms with van der Waals surface area (Å²) in [5.74, 6) is 0. The molecular weight excluding hydrogens is 242 g/mol. The third-order valence-electron chi connectivity index (χ3n) is 3.46. The SMILES string of the molecule is Clc1c2cc3ccccc3[nH]c-2c2ccccc12. The lowest BCUT2D eigenvalue weighted by Gasteiger charge is -2.05. The van der Waals surface area contributed by atoms with Crippen molar-refractivity contribution in [1.29, 1.82) is 0 Å². The summed E-state index contributed by atoms with van der Waals surface area (Å²) >= 11 is 6.47. The van der Waals surface area contributed by atoms with E-state index < -0.39 is 0 Å². The van der Waals surface area contributed by atoms with Crippen LogP contribution < -0.4 is 0 Å². The number of rotatable bonds is 0. The molecule has 0 fully saturated rings. The van der Waals surface area contributed by atoms with E-state index in [-0.39, 0.29) is 0 Å². The van der Waals surface area contributed by atoms with Crippen molar-refractivity contribution in [2.75, 3.05) is 0 Å². The Balaban J connectivity index is 2.29. The number of hydrogen-bond donors (Lipinski definition) is 1. The average Bonchev–Trinajstić information content (AvgIpc) is 2.71. The summed E-state index contributed by atoms with van der Waals surface area (Å²) in [6, 6.07) is 18.7. The maximum Gasteiger partial charge on any atom is 0.0578 e. The summed E-state index contributed by atoms with van der Waals surface area (Å²) in [5.41, 5.74) is 3.35. The van der Waals surface area contributed by atoms with E-state index >= 15 is 0 Å². The number of benzene rings is 2. The third kappa shape index (κ3) is 1.22. The van der Waals surface area contributed by atoms with Gasteiger partial charge in [0.15, 0.2) is 0 Å². The number of nitrogens with one attached hydrogen (secondary N) is 1. The second-order valence-corrected chi connectivity index (χ2v) is 4.88. The van der Waals surface area contributed by atoms with Gasteiger partial charge in [-0.25, -0.2) is 0 Å². The van der Waals surface area contributed by atoms with Crippen LogP contribution in [0.25, 0.3) is 32.9 Å². The van der Waals surface area contributed by atoms with E-state index in [1.807, 2.05) is 24.3 Å². The largest absolute Gasteiger partial charge is 0.354 e. The van der Waals surface area contributed by atoms with Crippen LogP contribution in [0.3, 0.4) is 0 Å². The molecule has 18 heavy (non-hydrogen) atoms. The minimum atomic E-state index is 0.836. The average molecular weight is 252 g/mol. The molecular formula is C16H10ClN. The van der Waals surface area contributed by atoms with Gasteiger partial charge in [-0.1, -0.05) is 54.1 Å². The molecule has 2 heteroatoms. The standard InChI is InChI=1S/C16H10ClN/c17-15-11-6-2-3-7-12(11)16-13(15)9-10-5-1-4-8-14(10)18-16/h1-9,18H. The number of hydrogen-bond acceptors (Lipinski definition) is 0. The van der Waals surface area contributed by atoms with Gasteiger partial charge in [0.05, 0.1) is 10.7 Å². The molecule has 0 atom stereocenters. The summed E-state index contributed by atoms with van der Waals surface area (Å²) in [6.07, 6.45) is 0. The van der Waals surface area contributed by atoms with Gasteiger partial charge in [0.2, 0.25) is 0 Å². The van der Waals surface area contributed by atoms with Crippen molar-refractivity contribution in [3.63, 3.8) is 0 Å². The maximum absolute atomic E-state index is 6.47. The van der Waals surface area contributed by atoms with Crippen LogP contribution in [0.2, 0.25) is 5.02 Å². The third-order valence-corrected chi connectivity index (χ3v) is 3.87. The molecule has 86 valence electrons. The second kappa shape index (κ2) is 3.50. The predicted octanol–water partition coefficient (Wildman–Crippen LogP) is 5.08. The molecule has 0 radical (unpaired) electrons. The van der Waals surface area contributed by atoms with Crippen molar-refractivity contribution < 1.29 is 0 Å². The lowest BCUT2D eigenvalue weighted by Crippen LogP contribution is -1.84. The topological polar surface area (TPSA) is 15.8 Å². The summed E-state index contributed by atoms with van der Waals surface area (Å²) in [5, 5.41) is 4.31. The Morgan fingerprint density at radius 3 is 2.44 bits per heavy atom. The lowest BCUT2D eigenvalue weighted by molar-refractivity contribution is 1.44. The summed E-state index contributed by atoms with van der Waals surface area (Å²) in [4.78, 5) is 3.49. The molecule has 0 saturated heterocycles. The molecule has 1 heterocycles. The van der Waals surface area contributed by atoms with Crippen LogP contribution in [0.5, 0.6) is 0 Å². The quantitative estimate of drug-likeness (QED) is 0.449. The highest BCUT2D eigenvalue weighted by Gasteiger charge is 2.16. The first kappa shape index (κ1) is 9.98. The number of aromatic amines is 1. The van der Waals surface area contributed by atoms with Gasteiger partial charge in [-0.3, -0.25) is 0 Å². The molecule has 0 unspecified atom stereocenters. The van der Waals surface area contributed by atoms with Crippen molar-refractivity contribution in [1.82, 2.24) is 4.98 Å². The van der Waals surface area contributed by atoms with Crippen LogP contribution >= 0.6 is 11.6 Å². The number of halogens is 1. The Hall–Kier alpha value is -1.99. The highest BCUT2D eigenvalue weighted by atomic mass is 35.5. The molecule has 1 aliphatic carbocycles. The fourth-order valence-corrected chi connectivity index (χ4v) is 2.90. The molecule has 2 aromatic carbocycles. The van der Waals surface area contributed by atoms with E-state index in [1.54, 1.807) is 0 Å². The lowest BCUT2D eigenvalue weighted by atomic mass is 10.1. The van der Waals surface area contributed by atoms with Crippen LogP contribution in [-0.4, -0.2) is 4.98 Å². The van der Waals surface area contributed by atoms with Gasteiger partial charge in [0.25, 0.3) is 0 Å². The molecule has 0 spiro atoms. The number of H-pyrrole nitrogens is 1. The normalized spacial score (nSPS) is 11.6. The van der Waals surface area contributed by atoms with Crippen LogP contribution in [-0.2, 0) is 0 Å². The zero-order valence-electron chi connectivity index (χ0n) is 9.57. The molecule has 0 aromatic heterocycles. The number of aromatic nitrogens is 1. The fourth-order valence-electron chi connectivity index (χ4n) is 2.59. The van der Waals surface area contributed by atoms with E-state index in [1.165, 1.54) is 10.8 Å². The zero-order valence-corrected chi connectivity index (χ0v) is 10.3. The highest BCUT2D eigenvalue weighted by Crippen LogP contribution is 2.42. The molecule has 1 N–H and O–H groups in total. The Bertz CT molecular complexity index is 844. The van der Waals surface area contributed by atoms with Gasteiger partial charge in [0.1, 0.15) is 0 Å². The second-order valence-electron chi connectivity index (χ2n) is 4.50. The van der Waals surface area contributed by atoms with Crippen LogP contribution in [0.15, 0.2) is 54.6 Å². The first-order valence-electron chi connectivity index (χ1n) is 5.92. The number of fused-ring (bicyclic) bond motifs is 4. The smallest absolute Gasteiger partial charge is 0.0578 e. The van der Waals surface area contributed by atoms with E-state index in [0.29, 0.717) is 0 Å². The van der Waals surface area contributed by atoms with Crippen LogP contribution in [0.1, 0.15) is 0 Å². The van der Waals surface area contributed by atoms with E-state index in [4.69, 9.17) is 11.6 Å². The molecule has 4 rings (SSSR count). The van der Waals surface area contributed by atoms with Gasteiger partial charge in [0, 0.05) is 21.9 Å². The minimum Gasteiger partial charge on any atom is -0.354 e. The first-order chi connectivity index (χ1) is 8.84. The Morgan fingerprint density at radius 2 is 1.56 bits per heavy atom. The Kier molecular flexibility index (Phi) is 1.94. The molecule has 2 aliphatic rings. The van der Waals surface area contributed by atoms with Crippen LogP contribution in [0, 0.1) is 0 Å². The Morgan fingerprint density at radius 1 is 0.833 bits per heavy atom. The van der Waals surface area contributed by atoms with Gasteiger partial charge in [-0.15, -0.1) is 0 Å². The zero-order chi connectivity index (χ0) is 12.1. The van der Waals surface area contributed by atoms with E-state index in [0.717, 1.165) is 27.2 Å². The molecule has 1 aliphatic heterocycles. The molecule has 0 saturated carbocycles. The maximum atomic E-state index is 6.47. The monoisotopic (exact) mass is 251 g/mol. The van der Waals surface area contributed by atoms with Crippen molar-refractivity contribution in [2.24, 2.45) is 0 Å². The van der Waals surface area contributed by atoms with Crippen molar-refractivity contribution >= 4 is 33.3 Å².